The summed E-state index contributed by atoms with van der Waals surface area (Å²) in [6.07, 6.45) is 3.96. The van der Waals surface area contributed by atoms with Gasteiger partial charge in [-0.15, -0.1) is 0 Å². The fourth-order valence-electron chi connectivity index (χ4n) is 0.544. The molecule has 0 saturated heterocycles. The van der Waals surface area contributed by atoms with Gasteiger partial charge in [0.15, 0.2) is 0 Å². The molecule has 4 heteroatoms. The Morgan fingerprint density at radius 3 is 2.00 bits per heavy atom. The van der Waals surface area contributed by atoms with E-state index in [0.717, 1.165) is 0 Å². The van der Waals surface area contributed by atoms with Gasteiger partial charge in [-0.25, -0.2) is 4.76 Å². The molecule has 0 heterocycles. The van der Waals surface area contributed by atoms with Crippen LogP contribution in [0.1, 0.15) is 0 Å². The summed E-state index contributed by atoms with van der Waals surface area (Å²) in [6, 6.07) is 0.651. The van der Waals surface area contributed by atoms with Gasteiger partial charge in [-0.3, -0.25) is 0 Å². The Bertz CT molecular complexity index is 193. The van der Waals surface area contributed by atoms with Crippen LogP contribution in [0.5, 0.6) is 0 Å². The molecule has 0 amide bonds. The molecule has 0 aromatic rings. The number of hydrogen-bond acceptors (Lipinski definition) is 2. The maximum atomic E-state index is 5.05. The van der Waals surface area contributed by atoms with Crippen molar-refractivity contribution in [3.05, 3.63) is 0 Å². The van der Waals surface area contributed by atoms with Gasteiger partial charge in [0.1, 0.15) is 0 Å². The van der Waals surface area contributed by atoms with E-state index in [1.165, 1.54) is 0 Å². The average molecular weight is 176 g/mol. The predicted octanol–water partition coefficient (Wildman–Crippen LogP) is 1.17. The van der Waals surface area contributed by atoms with E-state index in [2.05, 4.69) is 11.1 Å². The molecule has 66 valence electrons. The molecule has 0 aromatic carbocycles. The minimum Gasteiger partial charge on any atom is -0.468 e. The summed E-state index contributed by atoms with van der Waals surface area (Å²) in [4.78, 5) is 1.84. The lowest BCUT2D eigenvalue weighted by molar-refractivity contribution is 0.333. The van der Waals surface area contributed by atoms with Crippen LogP contribution in [-0.2, 0) is 4.74 Å². The summed E-state index contributed by atoms with van der Waals surface area (Å²) in [6.45, 7) is 4.07. The van der Waals surface area contributed by atoms with Crippen LogP contribution in [0.4, 0.5) is 0 Å². The molecule has 11 heavy (non-hydrogen) atoms. The first-order chi connectivity index (χ1) is 4.87. The van der Waals surface area contributed by atoms with Crippen LogP contribution >= 0.6 is 7.04 Å². The summed E-state index contributed by atoms with van der Waals surface area (Å²) < 4.78 is 9.40. The van der Waals surface area contributed by atoms with E-state index in [4.69, 9.17) is 4.74 Å². The normalized spacial score (nSPS) is 13.0. The van der Waals surface area contributed by atoms with Crippen LogP contribution in [0, 0.1) is 0 Å². The van der Waals surface area contributed by atoms with E-state index in [0.29, 0.717) is 6.02 Å². The molecule has 0 aliphatic heterocycles. The molecule has 0 fully saturated rings. The minimum absolute atomic E-state index is 0.651. The minimum atomic E-state index is -1.37. The fourth-order valence-corrected chi connectivity index (χ4v) is 1.27. The highest BCUT2D eigenvalue weighted by molar-refractivity contribution is 7.71. The Morgan fingerprint density at radius 2 is 1.91 bits per heavy atom. The quantitative estimate of drug-likeness (QED) is 0.340. The molecule has 0 rings (SSSR count). The molecule has 0 aliphatic rings. The van der Waals surface area contributed by atoms with Gasteiger partial charge in [0, 0.05) is 14.1 Å². The molecular weight excluding hydrogens is 159 g/mol. The molecule has 0 aromatic heterocycles. The van der Waals surface area contributed by atoms with Gasteiger partial charge in [0.25, 0.3) is 6.02 Å². The van der Waals surface area contributed by atoms with Crippen LogP contribution in [0.25, 0.3) is 0 Å². The molecule has 0 saturated carbocycles. The Hall–Kier alpha value is -0.430. The van der Waals surface area contributed by atoms with Crippen LogP contribution in [-0.4, -0.2) is 51.8 Å². The first-order valence-corrected chi connectivity index (χ1v) is 6.19. The SMILES string of the molecule is C=P(C)(C)/N=C(\OC)N(C)C. The molecule has 0 radical (unpaired) electrons. The van der Waals surface area contributed by atoms with Crippen LogP contribution in [0.15, 0.2) is 4.76 Å². The van der Waals surface area contributed by atoms with Gasteiger partial charge in [-0.1, -0.05) is 6.30 Å². The molecule has 3 nitrogen and oxygen atoms in total. The summed E-state index contributed by atoms with van der Waals surface area (Å²) in [7, 11) is 4.05. The highest BCUT2D eigenvalue weighted by Gasteiger charge is 2.03. The average Bonchev–Trinajstić information content (AvgIpc) is 1.80. The first kappa shape index (κ1) is 10.6. The van der Waals surface area contributed by atoms with Gasteiger partial charge >= 0.3 is 0 Å². The van der Waals surface area contributed by atoms with Gasteiger partial charge in [0.2, 0.25) is 0 Å². The lowest BCUT2D eigenvalue weighted by Gasteiger charge is -2.16. The van der Waals surface area contributed by atoms with Crippen LogP contribution < -0.4 is 0 Å². The zero-order valence-electron chi connectivity index (χ0n) is 7.96. The Kier molecular flexibility index (Phi) is 3.67. The van der Waals surface area contributed by atoms with E-state index in [1.807, 2.05) is 32.3 Å². The lowest BCUT2D eigenvalue weighted by Crippen LogP contribution is -2.23. The standard InChI is InChI=1S/C7H17N2OP/c1-9(2)7(10-3)8-11(4,5)6/h4H2,1-3,5-6H3/b8-7-. The zero-order chi connectivity index (χ0) is 9.07. The second-order valence-corrected chi connectivity index (χ2v) is 6.54. The Balaban J connectivity index is 4.50. The zero-order valence-corrected chi connectivity index (χ0v) is 8.85. The van der Waals surface area contributed by atoms with Crippen molar-refractivity contribution < 1.29 is 4.74 Å². The number of nitrogens with zero attached hydrogens (tertiary/aromatic N) is 2. The second-order valence-electron chi connectivity index (χ2n) is 3.10. The van der Waals surface area contributed by atoms with E-state index < -0.39 is 7.04 Å². The van der Waals surface area contributed by atoms with Crippen molar-refractivity contribution in [2.24, 2.45) is 4.76 Å². The molecule has 0 aliphatic carbocycles. The van der Waals surface area contributed by atoms with E-state index in [1.54, 1.807) is 7.11 Å². The number of ether oxygens (including phenoxy) is 1. The maximum absolute atomic E-state index is 5.05. The highest BCUT2D eigenvalue weighted by Crippen LogP contribution is 2.37. The van der Waals surface area contributed by atoms with E-state index in [-0.39, 0.29) is 0 Å². The van der Waals surface area contributed by atoms with Gasteiger partial charge in [-0.05, 0) is 20.4 Å². The lowest BCUT2D eigenvalue weighted by atomic mass is 10.9. The number of rotatable bonds is 1. The topological polar surface area (TPSA) is 24.8 Å². The monoisotopic (exact) mass is 176 g/mol. The van der Waals surface area contributed by atoms with Crippen molar-refractivity contribution in [2.45, 2.75) is 0 Å². The van der Waals surface area contributed by atoms with E-state index in [9.17, 15) is 0 Å². The van der Waals surface area contributed by atoms with Crippen molar-refractivity contribution >= 4 is 19.4 Å². The van der Waals surface area contributed by atoms with E-state index >= 15 is 0 Å². The summed E-state index contributed by atoms with van der Waals surface area (Å²) in [5, 5.41) is 0. The van der Waals surface area contributed by atoms with Crippen molar-refractivity contribution in [3.63, 3.8) is 0 Å². The fraction of sp³-hybridized carbons (Fsp3) is 0.714. The highest BCUT2D eigenvalue weighted by atomic mass is 31.2. The number of methoxy groups -OCH3 is 1. The molecule has 0 spiro atoms. The van der Waals surface area contributed by atoms with Crippen molar-refractivity contribution in [1.29, 1.82) is 0 Å². The Morgan fingerprint density at radius 1 is 1.45 bits per heavy atom. The van der Waals surface area contributed by atoms with Gasteiger partial charge < -0.3 is 9.64 Å². The third-order valence-electron chi connectivity index (χ3n) is 0.921. The predicted molar refractivity (Wildman–Crippen MR) is 54.0 cm³/mol. The van der Waals surface area contributed by atoms with Crippen molar-refractivity contribution in [2.75, 3.05) is 34.5 Å². The van der Waals surface area contributed by atoms with Crippen LogP contribution in [0.2, 0.25) is 0 Å². The summed E-state index contributed by atoms with van der Waals surface area (Å²) in [5.74, 6) is 0. The third-order valence-corrected chi connectivity index (χ3v) is 1.63. The number of hydrogen-bond donors (Lipinski definition) is 0. The molecule has 0 bridgehead atoms. The second kappa shape index (κ2) is 3.82. The van der Waals surface area contributed by atoms with Crippen LogP contribution in [0.3, 0.4) is 0 Å². The van der Waals surface area contributed by atoms with Crippen molar-refractivity contribution in [3.8, 4) is 0 Å². The molecule has 0 atom stereocenters. The summed E-state index contributed by atoms with van der Waals surface area (Å²) in [5.41, 5.74) is 0. The first-order valence-electron chi connectivity index (χ1n) is 3.36. The van der Waals surface area contributed by atoms with Crippen molar-refractivity contribution in [1.82, 2.24) is 4.90 Å². The third kappa shape index (κ3) is 4.91. The smallest absolute Gasteiger partial charge is 0.290 e. The van der Waals surface area contributed by atoms with Gasteiger partial charge in [0.05, 0.1) is 7.11 Å². The van der Waals surface area contributed by atoms with Gasteiger partial charge in [-0.2, -0.15) is 0 Å². The molecular formula is C7H17N2OP. The maximum Gasteiger partial charge on any atom is 0.290 e. The molecule has 0 N–H and O–H groups in total. The number of amidine groups is 1. The summed E-state index contributed by atoms with van der Waals surface area (Å²) >= 11 is 0. The largest absolute Gasteiger partial charge is 0.468 e. The Labute approximate surface area is 69.1 Å². The molecule has 0 unspecified atom stereocenters.